The van der Waals surface area contributed by atoms with E-state index in [1.165, 1.54) is 11.4 Å². The molecule has 0 unspecified atom stereocenters. The van der Waals surface area contributed by atoms with Crippen LogP contribution in [0.1, 0.15) is 13.3 Å². The van der Waals surface area contributed by atoms with Gasteiger partial charge < -0.3 is 14.8 Å². The largest absolute Gasteiger partial charge is 0.491 e. The molecule has 0 bridgehead atoms. The van der Waals surface area contributed by atoms with Gasteiger partial charge in [0.1, 0.15) is 18.1 Å². The minimum atomic E-state index is -3.34. The number of anilines is 1. The third-order valence-electron chi connectivity index (χ3n) is 5.05. The highest BCUT2D eigenvalue weighted by Gasteiger charge is 2.18. The van der Waals surface area contributed by atoms with Crippen molar-refractivity contribution in [1.82, 2.24) is 5.32 Å². The number of sulfonamides is 1. The molecule has 0 saturated carbocycles. The zero-order valence-electron chi connectivity index (χ0n) is 18.4. The van der Waals surface area contributed by atoms with Crippen LogP contribution in [0.15, 0.2) is 66.7 Å². The zero-order chi connectivity index (χ0) is 23.1. The van der Waals surface area contributed by atoms with Gasteiger partial charge in [0.25, 0.3) is 5.91 Å². The molecule has 1 amide bonds. The molecule has 0 heterocycles. The van der Waals surface area contributed by atoms with Gasteiger partial charge in [-0.3, -0.25) is 9.10 Å². The van der Waals surface area contributed by atoms with Crippen LogP contribution >= 0.6 is 0 Å². The van der Waals surface area contributed by atoms with Crippen molar-refractivity contribution < 1.29 is 22.7 Å². The predicted octanol–water partition coefficient (Wildman–Crippen LogP) is 3.59. The first kappa shape index (κ1) is 23.4. The number of hydrogen-bond acceptors (Lipinski definition) is 5. The molecule has 0 aliphatic rings. The van der Waals surface area contributed by atoms with Crippen LogP contribution < -0.4 is 19.1 Å². The molecule has 7 nitrogen and oxygen atoms in total. The number of rotatable bonds is 10. The lowest BCUT2D eigenvalue weighted by molar-refractivity contribution is -0.128. The first-order valence-corrected chi connectivity index (χ1v) is 12.2. The van der Waals surface area contributed by atoms with Gasteiger partial charge in [-0.1, -0.05) is 43.3 Å². The van der Waals surface area contributed by atoms with Crippen LogP contribution in [0.25, 0.3) is 10.8 Å². The van der Waals surface area contributed by atoms with Crippen LogP contribution in [0.2, 0.25) is 0 Å². The van der Waals surface area contributed by atoms with E-state index in [4.69, 9.17) is 9.47 Å². The van der Waals surface area contributed by atoms with E-state index in [0.29, 0.717) is 31.0 Å². The van der Waals surface area contributed by atoms with E-state index in [1.807, 2.05) is 49.4 Å². The van der Waals surface area contributed by atoms with E-state index in [0.717, 1.165) is 22.8 Å². The second-order valence-corrected chi connectivity index (χ2v) is 9.37. The molecule has 170 valence electrons. The van der Waals surface area contributed by atoms with Gasteiger partial charge in [-0.15, -0.1) is 0 Å². The van der Waals surface area contributed by atoms with Crippen molar-refractivity contribution in [2.75, 3.05) is 30.8 Å². The standard InChI is InChI=1S/C24H28N2O5S/c1-4-22(31-20-14-12-19(13-15-20)26(2)32(3,28)29)24(27)25-16-17-30-23-11-7-9-18-8-5-6-10-21(18)23/h5-15,22H,4,16-17H2,1-3H3,(H,25,27)/t22-/m0/s1. The Morgan fingerprint density at radius 2 is 1.72 bits per heavy atom. The van der Waals surface area contributed by atoms with Gasteiger partial charge in [-0.05, 0) is 42.1 Å². The molecule has 32 heavy (non-hydrogen) atoms. The van der Waals surface area contributed by atoms with E-state index in [9.17, 15) is 13.2 Å². The van der Waals surface area contributed by atoms with Crippen LogP contribution in [0, 0.1) is 0 Å². The Balaban J connectivity index is 1.51. The average Bonchev–Trinajstić information content (AvgIpc) is 2.79. The molecule has 0 aliphatic heterocycles. The highest BCUT2D eigenvalue weighted by Crippen LogP contribution is 2.25. The first-order valence-electron chi connectivity index (χ1n) is 10.4. The van der Waals surface area contributed by atoms with Crippen molar-refractivity contribution in [1.29, 1.82) is 0 Å². The second-order valence-electron chi connectivity index (χ2n) is 7.36. The fourth-order valence-corrected chi connectivity index (χ4v) is 3.69. The maximum Gasteiger partial charge on any atom is 0.261 e. The van der Waals surface area contributed by atoms with Crippen molar-refractivity contribution in [2.45, 2.75) is 19.4 Å². The molecule has 3 rings (SSSR count). The number of carbonyl (C=O) groups is 1. The number of fused-ring (bicyclic) bond motifs is 1. The summed E-state index contributed by atoms with van der Waals surface area (Å²) in [5, 5.41) is 4.97. The van der Waals surface area contributed by atoms with Crippen LogP contribution in [-0.2, 0) is 14.8 Å². The van der Waals surface area contributed by atoms with Gasteiger partial charge in [0.2, 0.25) is 10.0 Å². The number of amides is 1. The van der Waals surface area contributed by atoms with Crippen molar-refractivity contribution in [2.24, 2.45) is 0 Å². The molecule has 8 heteroatoms. The SMILES string of the molecule is CC[C@H](Oc1ccc(N(C)S(C)(=O)=O)cc1)C(=O)NCCOc1cccc2ccccc12. The van der Waals surface area contributed by atoms with E-state index in [-0.39, 0.29) is 5.91 Å². The number of benzene rings is 3. The maximum atomic E-state index is 12.5. The quantitative estimate of drug-likeness (QED) is 0.471. The number of hydrogen-bond donors (Lipinski definition) is 1. The van der Waals surface area contributed by atoms with Crippen molar-refractivity contribution in [3.63, 3.8) is 0 Å². The lowest BCUT2D eigenvalue weighted by Crippen LogP contribution is -2.39. The fourth-order valence-electron chi connectivity index (χ4n) is 3.18. The molecule has 0 fully saturated rings. The van der Waals surface area contributed by atoms with Crippen molar-refractivity contribution in [3.05, 3.63) is 66.7 Å². The average molecular weight is 457 g/mol. The second kappa shape index (κ2) is 10.4. The van der Waals surface area contributed by atoms with E-state index in [1.54, 1.807) is 24.3 Å². The summed E-state index contributed by atoms with van der Waals surface area (Å²) >= 11 is 0. The Kier molecular flexibility index (Phi) is 7.58. The van der Waals surface area contributed by atoms with Gasteiger partial charge in [0.15, 0.2) is 6.10 Å². The van der Waals surface area contributed by atoms with Crippen LogP contribution in [0.5, 0.6) is 11.5 Å². The third kappa shape index (κ3) is 5.91. The summed E-state index contributed by atoms with van der Waals surface area (Å²) in [6, 6.07) is 20.4. The predicted molar refractivity (Wildman–Crippen MR) is 127 cm³/mol. The molecule has 1 atom stereocenters. The maximum absolute atomic E-state index is 12.5. The molecule has 3 aromatic rings. The topological polar surface area (TPSA) is 84.9 Å². The van der Waals surface area contributed by atoms with Gasteiger partial charge in [0, 0.05) is 12.4 Å². The molecule has 0 aromatic heterocycles. The summed E-state index contributed by atoms with van der Waals surface area (Å²) in [5.74, 6) is 1.04. The van der Waals surface area contributed by atoms with Gasteiger partial charge in [-0.2, -0.15) is 0 Å². The zero-order valence-corrected chi connectivity index (χ0v) is 19.3. The Morgan fingerprint density at radius 1 is 1.03 bits per heavy atom. The molecular weight excluding hydrogens is 428 g/mol. The fraction of sp³-hybridized carbons (Fsp3) is 0.292. The lowest BCUT2D eigenvalue weighted by Gasteiger charge is -2.19. The molecule has 0 spiro atoms. The molecule has 0 radical (unpaired) electrons. The highest BCUT2D eigenvalue weighted by molar-refractivity contribution is 7.92. The molecular formula is C24H28N2O5S. The summed E-state index contributed by atoms with van der Waals surface area (Å²) < 4.78 is 36.1. The molecule has 0 saturated heterocycles. The minimum absolute atomic E-state index is 0.230. The monoisotopic (exact) mass is 456 g/mol. The summed E-state index contributed by atoms with van der Waals surface area (Å²) in [7, 11) is -1.86. The Hall–Kier alpha value is -3.26. The summed E-state index contributed by atoms with van der Waals surface area (Å²) in [5.41, 5.74) is 0.517. The smallest absolute Gasteiger partial charge is 0.261 e. The Bertz CT molecular complexity index is 1160. The van der Waals surface area contributed by atoms with E-state index >= 15 is 0 Å². The van der Waals surface area contributed by atoms with Gasteiger partial charge >= 0.3 is 0 Å². The Morgan fingerprint density at radius 3 is 2.41 bits per heavy atom. The van der Waals surface area contributed by atoms with Crippen LogP contribution in [0.4, 0.5) is 5.69 Å². The van der Waals surface area contributed by atoms with E-state index < -0.39 is 16.1 Å². The van der Waals surface area contributed by atoms with Gasteiger partial charge in [-0.25, -0.2) is 8.42 Å². The normalized spacial score (nSPS) is 12.2. The molecule has 0 aliphatic carbocycles. The van der Waals surface area contributed by atoms with E-state index in [2.05, 4.69) is 5.32 Å². The van der Waals surface area contributed by atoms with Crippen molar-refractivity contribution in [3.8, 4) is 11.5 Å². The molecule has 1 N–H and O–H groups in total. The minimum Gasteiger partial charge on any atom is -0.491 e. The summed E-state index contributed by atoms with van der Waals surface area (Å²) in [4.78, 5) is 12.5. The number of nitrogens with one attached hydrogen (secondary N) is 1. The van der Waals surface area contributed by atoms with Crippen LogP contribution in [0.3, 0.4) is 0 Å². The van der Waals surface area contributed by atoms with Crippen LogP contribution in [-0.4, -0.2) is 46.9 Å². The lowest BCUT2D eigenvalue weighted by atomic mass is 10.1. The summed E-state index contributed by atoms with van der Waals surface area (Å²) in [6.45, 7) is 2.55. The highest BCUT2D eigenvalue weighted by atomic mass is 32.2. The third-order valence-corrected chi connectivity index (χ3v) is 6.25. The summed E-state index contributed by atoms with van der Waals surface area (Å²) in [6.07, 6.45) is 0.964. The van der Waals surface area contributed by atoms with Crippen molar-refractivity contribution >= 4 is 32.4 Å². The van der Waals surface area contributed by atoms with Gasteiger partial charge in [0.05, 0.1) is 18.5 Å². The Labute approximate surface area is 189 Å². The molecule has 3 aromatic carbocycles. The number of nitrogens with zero attached hydrogens (tertiary/aromatic N) is 1. The number of ether oxygens (including phenoxy) is 2. The first-order chi connectivity index (χ1) is 15.3. The number of carbonyl (C=O) groups excluding carboxylic acids is 1.